The Morgan fingerprint density at radius 2 is 2.24 bits per heavy atom. The summed E-state index contributed by atoms with van der Waals surface area (Å²) in [5, 5.41) is 20.2. The number of pyridine rings is 1. The second kappa shape index (κ2) is 5.53. The number of hydrogen-bond donors (Lipinski definition) is 3. The summed E-state index contributed by atoms with van der Waals surface area (Å²) < 4.78 is 24.1. The average molecular weight is 246 g/mol. The summed E-state index contributed by atoms with van der Waals surface area (Å²) in [5.74, 6) is -1.22. The maximum absolute atomic E-state index is 12.1. The van der Waals surface area contributed by atoms with Gasteiger partial charge in [-0.25, -0.2) is 13.6 Å². The number of aromatic nitrogens is 1. The van der Waals surface area contributed by atoms with Crippen LogP contribution >= 0.6 is 0 Å². The minimum absolute atomic E-state index is 0.128. The molecular weight excluding hydrogens is 234 g/mol. The number of carboxylic acids is 1. The van der Waals surface area contributed by atoms with Crippen LogP contribution in [0.2, 0.25) is 0 Å². The lowest BCUT2D eigenvalue weighted by Gasteiger charge is -2.13. The first-order chi connectivity index (χ1) is 7.91. The van der Waals surface area contributed by atoms with Gasteiger partial charge in [0.2, 0.25) is 0 Å². The number of aliphatic hydroxyl groups excluding tert-OH is 1. The number of hydrogen-bond acceptors (Lipinski definition) is 4. The minimum atomic E-state index is -2.88. The lowest BCUT2D eigenvalue weighted by Crippen LogP contribution is -2.27. The number of aryl methyl sites for hydroxylation is 1. The summed E-state index contributed by atoms with van der Waals surface area (Å²) in [4.78, 5) is 14.6. The Hall–Kier alpha value is -1.76. The molecule has 1 aromatic heterocycles. The van der Waals surface area contributed by atoms with E-state index in [0.717, 1.165) is 6.20 Å². The van der Waals surface area contributed by atoms with Crippen molar-refractivity contribution in [3.63, 3.8) is 0 Å². The highest BCUT2D eigenvalue weighted by molar-refractivity contribution is 5.93. The first kappa shape index (κ1) is 13.3. The van der Waals surface area contributed by atoms with Crippen LogP contribution in [0.3, 0.4) is 0 Å². The van der Waals surface area contributed by atoms with Crippen molar-refractivity contribution in [2.75, 3.05) is 11.9 Å². The zero-order valence-electron chi connectivity index (χ0n) is 9.02. The topological polar surface area (TPSA) is 82.5 Å². The van der Waals surface area contributed by atoms with Crippen LogP contribution < -0.4 is 5.32 Å². The first-order valence-electron chi connectivity index (χ1n) is 4.82. The van der Waals surface area contributed by atoms with Crippen molar-refractivity contribution in [2.45, 2.75) is 19.5 Å². The van der Waals surface area contributed by atoms with E-state index in [9.17, 15) is 13.6 Å². The molecule has 1 aromatic rings. The number of aliphatic hydroxyl groups is 1. The number of halogens is 2. The molecule has 0 fully saturated rings. The van der Waals surface area contributed by atoms with Gasteiger partial charge in [-0.15, -0.1) is 0 Å². The minimum Gasteiger partial charge on any atom is -0.478 e. The molecule has 0 aromatic carbocycles. The van der Waals surface area contributed by atoms with E-state index in [4.69, 9.17) is 10.2 Å². The molecule has 7 heteroatoms. The van der Waals surface area contributed by atoms with E-state index in [0.29, 0.717) is 5.69 Å². The van der Waals surface area contributed by atoms with E-state index < -0.39 is 25.0 Å². The van der Waals surface area contributed by atoms with Gasteiger partial charge in [-0.05, 0) is 13.0 Å². The Balaban J connectivity index is 2.82. The van der Waals surface area contributed by atoms with Gasteiger partial charge in [-0.3, -0.25) is 4.98 Å². The number of nitrogens with zero attached hydrogens (tertiary/aromatic N) is 1. The molecule has 0 radical (unpaired) electrons. The van der Waals surface area contributed by atoms with Gasteiger partial charge in [0, 0.05) is 18.4 Å². The number of nitrogens with one attached hydrogen (secondary N) is 1. The molecule has 1 rings (SSSR count). The summed E-state index contributed by atoms with van der Waals surface area (Å²) in [5.41, 5.74) is 0.575. The molecule has 0 spiro atoms. The maximum atomic E-state index is 12.1. The highest BCUT2D eigenvalue weighted by Gasteiger charge is 2.18. The van der Waals surface area contributed by atoms with Crippen molar-refractivity contribution in [2.24, 2.45) is 0 Å². The number of alkyl halides is 2. The van der Waals surface area contributed by atoms with Crippen molar-refractivity contribution in [1.82, 2.24) is 4.98 Å². The van der Waals surface area contributed by atoms with Crippen molar-refractivity contribution in [3.05, 3.63) is 23.5 Å². The molecule has 0 amide bonds. The van der Waals surface area contributed by atoms with Crippen LogP contribution in [0.15, 0.2) is 12.3 Å². The molecule has 0 bridgehead atoms. The third kappa shape index (κ3) is 3.63. The maximum Gasteiger partial charge on any atom is 0.339 e. The molecule has 3 N–H and O–H groups in total. The molecule has 0 aliphatic carbocycles. The smallest absolute Gasteiger partial charge is 0.339 e. The van der Waals surface area contributed by atoms with Crippen LogP contribution in [0.5, 0.6) is 0 Å². The summed E-state index contributed by atoms with van der Waals surface area (Å²) >= 11 is 0. The van der Waals surface area contributed by atoms with Gasteiger partial charge < -0.3 is 15.5 Å². The predicted octanol–water partition coefficient (Wildman–Crippen LogP) is 1.13. The quantitative estimate of drug-likeness (QED) is 0.725. The molecular formula is C10H12F2N2O3. The zero-order chi connectivity index (χ0) is 13.0. The van der Waals surface area contributed by atoms with Gasteiger partial charge >= 0.3 is 5.97 Å². The fraction of sp³-hybridized carbons (Fsp3) is 0.400. The monoisotopic (exact) mass is 246 g/mol. The normalized spacial score (nSPS) is 12.5. The van der Waals surface area contributed by atoms with Gasteiger partial charge in [0.15, 0.2) is 0 Å². The molecule has 0 aliphatic heterocycles. The molecule has 0 saturated heterocycles. The number of carbonyl (C=O) groups is 1. The second-order valence-corrected chi connectivity index (χ2v) is 3.46. The Kier molecular flexibility index (Phi) is 4.33. The van der Waals surface area contributed by atoms with Gasteiger partial charge in [0.25, 0.3) is 6.43 Å². The van der Waals surface area contributed by atoms with Gasteiger partial charge in [-0.2, -0.15) is 0 Å². The molecule has 0 aliphatic rings. The SMILES string of the molecule is Cc1cc(NCC(O)C(F)F)c(C(=O)O)cn1. The summed E-state index contributed by atoms with van der Waals surface area (Å²) in [6.45, 7) is 1.21. The van der Waals surface area contributed by atoms with E-state index in [1.165, 1.54) is 6.07 Å². The molecule has 1 atom stereocenters. The van der Waals surface area contributed by atoms with Crippen LogP contribution in [0.4, 0.5) is 14.5 Å². The van der Waals surface area contributed by atoms with Crippen molar-refractivity contribution >= 4 is 11.7 Å². The Bertz CT molecular complexity index is 413. The molecule has 0 saturated carbocycles. The van der Waals surface area contributed by atoms with Gasteiger partial charge in [0.1, 0.15) is 11.7 Å². The number of rotatable bonds is 5. The van der Waals surface area contributed by atoms with E-state index >= 15 is 0 Å². The number of anilines is 1. The van der Waals surface area contributed by atoms with Crippen LogP contribution in [-0.4, -0.2) is 40.2 Å². The first-order valence-corrected chi connectivity index (χ1v) is 4.82. The number of aromatic carboxylic acids is 1. The van der Waals surface area contributed by atoms with Crippen molar-refractivity contribution in [1.29, 1.82) is 0 Å². The Labute approximate surface area is 96.1 Å². The second-order valence-electron chi connectivity index (χ2n) is 3.46. The standard InChI is InChI=1S/C10H12F2N2O3/c1-5-2-7(6(3-13-5)10(16)17)14-4-8(15)9(11)12/h2-3,8-9,15H,4H2,1H3,(H,13,14)(H,16,17). The van der Waals surface area contributed by atoms with Gasteiger partial charge in [-0.1, -0.05) is 0 Å². The predicted molar refractivity (Wildman–Crippen MR) is 56.4 cm³/mol. The third-order valence-corrected chi connectivity index (χ3v) is 2.06. The van der Waals surface area contributed by atoms with Crippen molar-refractivity contribution in [3.8, 4) is 0 Å². The van der Waals surface area contributed by atoms with Crippen LogP contribution in [0.1, 0.15) is 16.1 Å². The van der Waals surface area contributed by atoms with E-state index in [1.54, 1.807) is 6.92 Å². The summed E-state index contributed by atoms with van der Waals surface area (Å²) in [6, 6.07) is 1.42. The highest BCUT2D eigenvalue weighted by atomic mass is 19.3. The highest BCUT2D eigenvalue weighted by Crippen LogP contribution is 2.16. The zero-order valence-corrected chi connectivity index (χ0v) is 9.02. The fourth-order valence-electron chi connectivity index (χ4n) is 1.18. The van der Waals surface area contributed by atoms with E-state index in [2.05, 4.69) is 10.3 Å². The molecule has 1 heterocycles. The van der Waals surface area contributed by atoms with E-state index in [-0.39, 0.29) is 11.3 Å². The molecule has 5 nitrogen and oxygen atoms in total. The van der Waals surface area contributed by atoms with Gasteiger partial charge in [0.05, 0.1) is 5.69 Å². The van der Waals surface area contributed by atoms with Crippen molar-refractivity contribution < 1.29 is 23.8 Å². The third-order valence-electron chi connectivity index (χ3n) is 2.06. The molecule has 94 valence electrons. The number of carboxylic acid groups (broad SMARTS) is 1. The fourth-order valence-corrected chi connectivity index (χ4v) is 1.18. The lowest BCUT2D eigenvalue weighted by molar-refractivity contribution is 0.00383. The Morgan fingerprint density at radius 3 is 2.76 bits per heavy atom. The molecule has 17 heavy (non-hydrogen) atoms. The van der Waals surface area contributed by atoms with Crippen LogP contribution in [0.25, 0.3) is 0 Å². The van der Waals surface area contributed by atoms with Crippen LogP contribution in [0, 0.1) is 6.92 Å². The van der Waals surface area contributed by atoms with E-state index in [1.807, 2.05) is 0 Å². The summed E-state index contributed by atoms with van der Waals surface area (Å²) in [7, 11) is 0. The lowest BCUT2D eigenvalue weighted by atomic mass is 10.2. The Morgan fingerprint density at radius 1 is 1.59 bits per heavy atom. The largest absolute Gasteiger partial charge is 0.478 e. The summed E-state index contributed by atoms with van der Waals surface area (Å²) in [6.07, 6.45) is -3.58. The average Bonchev–Trinajstić information content (AvgIpc) is 2.25. The van der Waals surface area contributed by atoms with Crippen LogP contribution in [-0.2, 0) is 0 Å². The molecule has 1 unspecified atom stereocenters.